The number of aromatic nitrogens is 3. The van der Waals surface area contributed by atoms with Crippen molar-refractivity contribution >= 4 is 10.9 Å². The molecule has 0 radical (unpaired) electrons. The number of nitrogens with one attached hydrogen (secondary N) is 2. The zero-order valence-corrected chi connectivity index (χ0v) is 15.5. The second-order valence-electron chi connectivity index (χ2n) is 7.46. The quantitative estimate of drug-likeness (QED) is 0.535. The summed E-state index contributed by atoms with van der Waals surface area (Å²) in [5, 5.41) is 25.1. The number of aliphatic hydroxyl groups is 2. The molecule has 3 aromatic rings. The topological polar surface area (TPSA) is 94.1 Å². The van der Waals surface area contributed by atoms with Crippen molar-refractivity contribution in [2.24, 2.45) is 11.8 Å². The van der Waals surface area contributed by atoms with E-state index in [2.05, 4.69) is 32.4 Å². The SMILES string of the molecule is Cc1nccc(C[C@@H]2[C@@H](CO)[C@H](O)C[C@H]2NCc2c[nH]c3ccccc23)n1. The van der Waals surface area contributed by atoms with E-state index in [4.69, 9.17) is 0 Å². The number of H-pyrrole nitrogens is 1. The van der Waals surface area contributed by atoms with Gasteiger partial charge in [0.05, 0.1) is 6.10 Å². The van der Waals surface area contributed by atoms with E-state index >= 15 is 0 Å². The maximum absolute atomic E-state index is 10.5. The van der Waals surface area contributed by atoms with Gasteiger partial charge in [0, 0.05) is 54.1 Å². The summed E-state index contributed by atoms with van der Waals surface area (Å²) in [5.74, 6) is 0.736. The third kappa shape index (κ3) is 3.74. The first-order valence-electron chi connectivity index (χ1n) is 9.51. The number of nitrogens with zero attached hydrogens (tertiary/aromatic N) is 2. The zero-order chi connectivity index (χ0) is 18.8. The van der Waals surface area contributed by atoms with Gasteiger partial charge in [0.25, 0.3) is 0 Å². The third-order valence-corrected chi connectivity index (χ3v) is 5.78. The fourth-order valence-electron chi connectivity index (χ4n) is 4.36. The summed E-state index contributed by atoms with van der Waals surface area (Å²) in [4.78, 5) is 12.0. The van der Waals surface area contributed by atoms with Gasteiger partial charge in [-0.25, -0.2) is 9.97 Å². The Morgan fingerprint density at radius 2 is 2.07 bits per heavy atom. The Bertz CT molecular complexity index is 910. The molecule has 0 unspecified atom stereocenters. The van der Waals surface area contributed by atoms with E-state index < -0.39 is 6.10 Å². The van der Waals surface area contributed by atoms with Crippen LogP contribution in [0.4, 0.5) is 0 Å². The second-order valence-corrected chi connectivity index (χ2v) is 7.46. The molecule has 0 spiro atoms. The van der Waals surface area contributed by atoms with E-state index in [1.165, 1.54) is 10.9 Å². The normalized spacial score (nSPS) is 25.3. The average molecular weight is 366 g/mol. The first-order valence-corrected chi connectivity index (χ1v) is 9.51. The lowest BCUT2D eigenvalue weighted by molar-refractivity contribution is 0.0716. The zero-order valence-electron chi connectivity index (χ0n) is 15.5. The van der Waals surface area contributed by atoms with E-state index in [0.29, 0.717) is 6.42 Å². The Hall–Kier alpha value is -2.28. The number of hydrogen-bond donors (Lipinski definition) is 4. The lowest BCUT2D eigenvalue weighted by atomic mass is 9.88. The van der Waals surface area contributed by atoms with Crippen LogP contribution in [0.5, 0.6) is 0 Å². The van der Waals surface area contributed by atoms with E-state index in [1.807, 2.05) is 31.3 Å². The van der Waals surface area contributed by atoms with Crippen LogP contribution in [0.2, 0.25) is 0 Å². The molecule has 27 heavy (non-hydrogen) atoms. The minimum Gasteiger partial charge on any atom is -0.396 e. The van der Waals surface area contributed by atoms with Gasteiger partial charge in [0.1, 0.15) is 5.82 Å². The maximum Gasteiger partial charge on any atom is 0.125 e. The Morgan fingerprint density at radius 1 is 1.22 bits per heavy atom. The highest BCUT2D eigenvalue weighted by atomic mass is 16.3. The number of para-hydroxylation sites is 1. The molecule has 6 heteroatoms. The minimum atomic E-state index is -0.497. The van der Waals surface area contributed by atoms with Gasteiger partial charge in [0.15, 0.2) is 0 Å². The molecule has 2 aromatic heterocycles. The lowest BCUT2D eigenvalue weighted by Crippen LogP contribution is -2.36. The van der Waals surface area contributed by atoms with Crippen molar-refractivity contribution in [1.82, 2.24) is 20.3 Å². The van der Waals surface area contributed by atoms with Crippen LogP contribution >= 0.6 is 0 Å². The van der Waals surface area contributed by atoms with Gasteiger partial charge < -0.3 is 20.5 Å². The molecule has 0 bridgehead atoms. The van der Waals surface area contributed by atoms with Crippen LogP contribution in [0.25, 0.3) is 10.9 Å². The van der Waals surface area contributed by atoms with Gasteiger partial charge in [0.2, 0.25) is 0 Å². The number of rotatable bonds is 6. The standard InChI is InChI=1S/C21H26N4O2/c1-13-22-7-6-15(25-13)8-17-18(12-26)21(27)9-20(17)24-11-14-10-23-19-5-3-2-4-16(14)19/h2-7,10,17-18,20-21,23-24,26-27H,8-9,11-12H2,1H3/t17-,18-,20-,21-/m1/s1. The molecule has 1 aliphatic rings. The van der Waals surface area contributed by atoms with Crippen LogP contribution in [-0.4, -0.2) is 43.9 Å². The largest absolute Gasteiger partial charge is 0.396 e. The van der Waals surface area contributed by atoms with Crippen molar-refractivity contribution in [2.75, 3.05) is 6.61 Å². The summed E-state index contributed by atoms with van der Waals surface area (Å²) in [6.45, 7) is 2.59. The molecule has 1 aromatic carbocycles. The first kappa shape index (κ1) is 18.1. The van der Waals surface area contributed by atoms with Crippen LogP contribution < -0.4 is 5.32 Å². The number of fused-ring (bicyclic) bond motifs is 1. The number of aromatic amines is 1. The summed E-state index contributed by atoms with van der Waals surface area (Å²) in [7, 11) is 0. The Morgan fingerprint density at radius 3 is 2.89 bits per heavy atom. The molecule has 142 valence electrons. The summed E-state index contributed by atoms with van der Waals surface area (Å²) in [6, 6.07) is 10.3. The average Bonchev–Trinajstić information content (AvgIpc) is 3.21. The van der Waals surface area contributed by atoms with E-state index in [9.17, 15) is 10.2 Å². The van der Waals surface area contributed by atoms with E-state index in [1.54, 1.807) is 6.20 Å². The van der Waals surface area contributed by atoms with Gasteiger partial charge in [-0.05, 0) is 43.4 Å². The third-order valence-electron chi connectivity index (χ3n) is 5.78. The van der Waals surface area contributed by atoms with Gasteiger partial charge >= 0.3 is 0 Å². The van der Waals surface area contributed by atoms with Gasteiger partial charge in [-0.15, -0.1) is 0 Å². The van der Waals surface area contributed by atoms with Crippen molar-refractivity contribution < 1.29 is 10.2 Å². The second kappa shape index (κ2) is 7.76. The first-order chi connectivity index (χ1) is 13.2. The Labute approximate surface area is 158 Å². The molecule has 4 N–H and O–H groups in total. The number of hydrogen-bond acceptors (Lipinski definition) is 5. The minimum absolute atomic E-state index is 0.0127. The monoisotopic (exact) mass is 366 g/mol. The summed E-state index contributed by atoms with van der Waals surface area (Å²) in [6.07, 6.45) is 4.67. The van der Waals surface area contributed by atoms with Crippen LogP contribution in [0.1, 0.15) is 23.5 Å². The van der Waals surface area contributed by atoms with Crippen molar-refractivity contribution in [3.8, 4) is 0 Å². The van der Waals surface area contributed by atoms with Crippen molar-refractivity contribution in [3.05, 3.63) is 59.8 Å². The van der Waals surface area contributed by atoms with E-state index in [0.717, 1.165) is 30.0 Å². The summed E-state index contributed by atoms with van der Waals surface area (Å²) in [5.41, 5.74) is 3.30. The molecule has 0 aliphatic heterocycles. The number of benzene rings is 1. The summed E-state index contributed by atoms with van der Waals surface area (Å²) < 4.78 is 0. The van der Waals surface area contributed by atoms with E-state index in [-0.39, 0.29) is 24.5 Å². The molecule has 1 aliphatic carbocycles. The van der Waals surface area contributed by atoms with Crippen LogP contribution in [0, 0.1) is 18.8 Å². The van der Waals surface area contributed by atoms with Gasteiger partial charge in [-0.1, -0.05) is 18.2 Å². The summed E-state index contributed by atoms with van der Waals surface area (Å²) >= 11 is 0. The van der Waals surface area contributed by atoms with Crippen molar-refractivity contribution in [1.29, 1.82) is 0 Å². The van der Waals surface area contributed by atoms with Gasteiger partial charge in [-0.2, -0.15) is 0 Å². The van der Waals surface area contributed by atoms with Crippen LogP contribution in [0.3, 0.4) is 0 Å². The van der Waals surface area contributed by atoms with Crippen LogP contribution in [-0.2, 0) is 13.0 Å². The highest BCUT2D eigenvalue weighted by Crippen LogP contribution is 2.35. The highest BCUT2D eigenvalue weighted by molar-refractivity contribution is 5.82. The molecular formula is C21H26N4O2. The smallest absolute Gasteiger partial charge is 0.125 e. The predicted molar refractivity (Wildman–Crippen MR) is 104 cm³/mol. The Kier molecular flexibility index (Phi) is 5.20. The maximum atomic E-state index is 10.5. The molecule has 2 heterocycles. The highest BCUT2D eigenvalue weighted by Gasteiger charge is 2.42. The molecule has 0 amide bonds. The van der Waals surface area contributed by atoms with Crippen LogP contribution in [0.15, 0.2) is 42.7 Å². The molecule has 4 rings (SSSR count). The van der Waals surface area contributed by atoms with Crippen molar-refractivity contribution in [2.45, 2.75) is 38.5 Å². The number of aliphatic hydroxyl groups excluding tert-OH is 2. The number of aryl methyl sites for hydroxylation is 1. The fraction of sp³-hybridized carbons (Fsp3) is 0.429. The molecule has 0 saturated heterocycles. The van der Waals surface area contributed by atoms with Gasteiger partial charge in [-0.3, -0.25) is 0 Å². The molecular weight excluding hydrogens is 340 g/mol. The predicted octanol–water partition coefficient (Wildman–Crippen LogP) is 1.96. The lowest BCUT2D eigenvalue weighted by Gasteiger charge is -2.25. The Balaban J connectivity index is 1.51. The molecule has 4 atom stereocenters. The molecule has 6 nitrogen and oxygen atoms in total. The van der Waals surface area contributed by atoms with Crippen molar-refractivity contribution in [3.63, 3.8) is 0 Å². The fourth-order valence-corrected chi connectivity index (χ4v) is 4.36. The molecule has 1 fully saturated rings. The molecule has 1 saturated carbocycles.